The van der Waals surface area contributed by atoms with E-state index in [4.69, 9.17) is 4.42 Å². The van der Waals surface area contributed by atoms with Crippen molar-refractivity contribution in [1.82, 2.24) is 0 Å². The zero-order chi connectivity index (χ0) is 38.5. The lowest BCUT2D eigenvalue weighted by molar-refractivity contribution is 0.661. The summed E-state index contributed by atoms with van der Waals surface area (Å²) in [6.45, 7) is 4.74. The van der Waals surface area contributed by atoms with Gasteiger partial charge in [-0.05, 0) is 117 Å². The van der Waals surface area contributed by atoms with E-state index in [0.717, 1.165) is 21.9 Å². The van der Waals surface area contributed by atoms with Crippen LogP contribution in [0.3, 0.4) is 0 Å². The first-order valence-electron chi connectivity index (χ1n) is 20.3. The van der Waals surface area contributed by atoms with Gasteiger partial charge in [0.25, 0.3) is 0 Å². The number of hydrogen-bond acceptors (Lipinski definition) is 1. The second kappa shape index (κ2) is 12.4. The van der Waals surface area contributed by atoms with E-state index in [2.05, 4.69) is 196 Å². The van der Waals surface area contributed by atoms with Crippen LogP contribution >= 0.6 is 0 Å². The van der Waals surface area contributed by atoms with Crippen molar-refractivity contribution in [2.45, 2.75) is 19.3 Å². The molecule has 1 aliphatic rings. The topological polar surface area (TPSA) is 13.1 Å². The highest BCUT2D eigenvalue weighted by Gasteiger charge is 2.37. The summed E-state index contributed by atoms with van der Waals surface area (Å²) in [5.41, 5.74) is 17.1. The fourth-order valence-corrected chi connectivity index (χ4v) is 10.2. The minimum atomic E-state index is -0.0801. The zero-order valence-corrected chi connectivity index (χ0v) is 32.4. The molecule has 0 fully saturated rings. The molecule has 0 saturated heterocycles. The molecule has 1 aliphatic carbocycles. The summed E-state index contributed by atoms with van der Waals surface area (Å²) < 4.78 is 6.22. The molecule has 0 bridgehead atoms. The number of benzene rings is 10. The van der Waals surface area contributed by atoms with Gasteiger partial charge >= 0.3 is 0 Å². The Labute approximate surface area is 337 Å². The van der Waals surface area contributed by atoms with Crippen LogP contribution in [0.2, 0.25) is 0 Å². The quantitative estimate of drug-likeness (QED) is 0.164. The van der Waals surface area contributed by atoms with Crippen LogP contribution < -0.4 is 0 Å². The first-order valence-corrected chi connectivity index (χ1v) is 20.3. The summed E-state index contributed by atoms with van der Waals surface area (Å²) in [5, 5.41) is 9.87. The Morgan fingerprint density at radius 3 is 1.59 bits per heavy atom. The third-order valence-electron chi connectivity index (χ3n) is 12.9. The Balaban J connectivity index is 1.03. The minimum Gasteiger partial charge on any atom is -0.456 e. The first-order chi connectivity index (χ1) is 28.5. The van der Waals surface area contributed by atoms with Crippen molar-refractivity contribution in [3.63, 3.8) is 0 Å². The second-order valence-electron chi connectivity index (χ2n) is 16.3. The van der Waals surface area contributed by atoms with Crippen molar-refractivity contribution in [1.29, 1.82) is 0 Å². The molecule has 58 heavy (non-hydrogen) atoms. The van der Waals surface area contributed by atoms with E-state index in [1.54, 1.807) is 0 Å². The predicted molar refractivity (Wildman–Crippen MR) is 246 cm³/mol. The van der Waals surface area contributed by atoms with E-state index in [1.807, 2.05) is 12.1 Å². The van der Waals surface area contributed by atoms with Crippen molar-refractivity contribution in [3.05, 3.63) is 205 Å². The van der Waals surface area contributed by atoms with Gasteiger partial charge in [0.15, 0.2) is 0 Å². The Morgan fingerprint density at radius 1 is 0.310 bits per heavy atom. The van der Waals surface area contributed by atoms with Crippen molar-refractivity contribution < 1.29 is 4.42 Å². The standard InChI is InChI=1S/C57H38O/c1-57(2)49-24-13-23-41(55(49)56-40-16-4-3-14-35(40)30-32-50(56)57)36-26-28-37(29-27-36)53-44-19-7-9-21-46(44)54(47-22-10-8-20-45(47)53)43-18-6-5-15-39(43)38-31-33-52-48(34-38)42-17-11-12-25-51(42)58-52/h3-34H,1-2H3. The normalized spacial score (nSPS) is 13.1. The van der Waals surface area contributed by atoms with Gasteiger partial charge in [0.1, 0.15) is 11.2 Å². The number of fused-ring (bicyclic) bond motifs is 10. The minimum absolute atomic E-state index is 0.0801. The lowest BCUT2D eigenvalue weighted by Crippen LogP contribution is -2.14. The molecule has 0 spiro atoms. The molecular formula is C57H38O. The highest BCUT2D eigenvalue weighted by molar-refractivity contribution is 6.22. The highest BCUT2D eigenvalue weighted by atomic mass is 16.3. The van der Waals surface area contributed by atoms with Gasteiger partial charge in [-0.15, -0.1) is 0 Å². The monoisotopic (exact) mass is 738 g/mol. The smallest absolute Gasteiger partial charge is 0.135 e. The molecule has 1 heterocycles. The molecule has 0 N–H and O–H groups in total. The van der Waals surface area contributed by atoms with Gasteiger partial charge in [-0.3, -0.25) is 0 Å². The molecule has 11 aromatic rings. The molecular weight excluding hydrogens is 701 g/mol. The maximum absolute atomic E-state index is 6.22. The van der Waals surface area contributed by atoms with Crippen molar-refractivity contribution in [2.75, 3.05) is 0 Å². The van der Waals surface area contributed by atoms with Crippen molar-refractivity contribution >= 4 is 54.3 Å². The van der Waals surface area contributed by atoms with Crippen LogP contribution in [0, 0.1) is 0 Å². The molecule has 0 radical (unpaired) electrons. The summed E-state index contributed by atoms with van der Waals surface area (Å²) >= 11 is 0. The maximum Gasteiger partial charge on any atom is 0.135 e. The van der Waals surface area contributed by atoms with E-state index in [-0.39, 0.29) is 5.41 Å². The van der Waals surface area contributed by atoms with E-state index < -0.39 is 0 Å². The third kappa shape index (κ3) is 4.71. The summed E-state index contributed by atoms with van der Waals surface area (Å²) in [6.07, 6.45) is 0. The molecule has 0 aliphatic heterocycles. The highest BCUT2D eigenvalue weighted by Crippen LogP contribution is 2.55. The van der Waals surface area contributed by atoms with Crippen molar-refractivity contribution in [2.24, 2.45) is 0 Å². The lowest BCUT2D eigenvalue weighted by atomic mass is 9.81. The molecule has 12 rings (SSSR count). The van der Waals surface area contributed by atoms with Crippen LogP contribution in [-0.2, 0) is 5.41 Å². The van der Waals surface area contributed by atoms with Gasteiger partial charge in [-0.25, -0.2) is 0 Å². The fraction of sp³-hybridized carbons (Fsp3) is 0.0526. The Hall–Kier alpha value is -7.22. The molecule has 0 amide bonds. The molecule has 1 heteroatoms. The number of hydrogen-bond donors (Lipinski definition) is 0. The largest absolute Gasteiger partial charge is 0.456 e. The molecule has 1 nitrogen and oxygen atoms in total. The average molecular weight is 739 g/mol. The number of para-hydroxylation sites is 1. The van der Waals surface area contributed by atoms with Gasteiger partial charge in [0.2, 0.25) is 0 Å². The molecule has 0 saturated carbocycles. The molecule has 1 aromatic heterocycles. The van der Waals surface area contributed by atoms with E-state index in [0.29, 0.717) is 0 Å². The Bertz CT molecular complexity index is 3410. The molecule has 0 unspecified atom stereocenters. The van der Waals surface area contributed by atoms with Crippen molar-refractivity contribution in [3.8, 4) is 55.6 Å². The van der Waals surface area contributed by atoms with E-state index >= 15 is 0 Å². The first kappa shape index (κ1) is 33.0. The van der Waals surface area contributed by atoms with Crippen LogP contribution in [0.5, 0.6) is 0 Å². The van der Waals surface area contributed by atoms with Crippen LogP contribution in [-0.4, -0.2) is 0 Å². The zero-order valence-electron chi connectivity index (χ0n) is 32.4. The average Bonchev–Trinajstić information content (AvgIpc) is 3.77. The number of furan rings is 1. The fourth-order valence-electron chi connectivity index (χ4n) is 10.2. The van der Waals surface area contributed by atoms with Crippen LogP contribution in [0.4, 0.5) is 0 Å². The van der Waals surface area contributed by atoms with Gasteiger partial charge in [0, 0.05) is 16.2 Å². The summed E-state index contributed by atoms with van der Waals surface area (Å²) in [5.74, 6) is 0. The second-order valence-corrected chi connectivity index (χ2v) is 16.3. The Kier molecular flexibility index (Phi) is 7.04. The number of rotatable bonds is 4. The third-order valence-corrected chi connectivity index (χ3v) is 12.9. The van der Waals surface area contributed by atoms with Gasteiger partial charge in [-0.1, -0.05) is 190 Å². The SMILES string of the molecule is CC1(C)c2cccc(-c3ccc(-c4c5ccccc5c(-c5ccccc5-c5ccc6oc7ccccc7c6c5)c5ccccc45)cc3)c2-c2c1ccc1ccccc21. The van der Waals surface area contributed by atoms with Crippen LogP contribution in [0.25, 0.3) is 110 Å². The molecule has 272 valence electrons. The van der Waals surface area contributed by atoms with Gasteiger partial charge in [-0.2, -0.15) is 0 Å². The van der Waals surface area contributed by atoms with Crippen LogP contribution in [0.15, 0.2) is 199 Å². The summed E-state index contributed by atoms with van der Waals surface area (Å²) in [4.78, 5) is 0. The van der Waals surface area contributed by atoms with E-state index in [9.17, 15) is 0 Å². The summed E-state index contributed by atoms with van der Waals surface area (Å²) in [7, 11) is 0. The molecule has 10 aromatic carbocycles. The molecule has 0 atom stereocenters. The maximum atomic E-state index is 6.22. The lowest BCUT2D eigenvalue weighted by Gasteiger charge is -2.22. The summed E-state index contributed by atoms with van der Waals surface area (Å²) in [6, 6.07) is 71.4. The van der Waals surface area contributed by atoms with Gasteiger partial charge < -0.3 is 4.42 Å². The predicted octanol–water partition coefficient (Wildman–Crippen LogP) is 16.0. The Morgan fingerprint density at radius 2 is 0.845 bits per heavy atom. The van der Waals surface area contributed by atoms with Crippen LogP contribution in [0.1, 0.15) is 25.0 Å². The van der Waals surface area contributed by atoms with Gasteiger partial charge in [0.05, 0.1) is 0 Å². The van der Waals surface area contributed by atoms with E-state index in [1.165, 1.54) is 99.1 Å².